The maximum absolute atomic E-state index is 13.4. The molecule has 0 amide bonds. The van der Waals surface area contributed by atoms with Gasteiger partial charge >= 0.3 is 12.4 Å². The number of carbonyl (C=O) groups excluding carboxylic acids is 2. The van der Waals surface area contributed by atoms with Crippen LogP contribution in [0.15, 0.2) is 36.4 Å². The Morgan fingerprint density at radius 3 is 1.17 bits per heavy atom. The highest BCUT2D eigenvalue weighted by Gasteiger charge is 2.36. The average molecular weight is 438 g/mol. The van der Waals surface area contributed by atoms with E-state index < -0.39 is 69.3 Å². The molecule has 160 valence electrons. The van der Waals surface area contributed by atoms with Crippen molar-refractivity contribution >= 4 is 23.1 Å². The summed E-state index contributed by atoms with van der Waals surface area (Å²) in [5.41, 5.74) is -9.07. The van der Waals surface area contributed by atoms with Crippen molar-refractivity contribution in [1.82, 2.24) is 0 Å². The number of hydrogen-bond donors (Lipinski definition) is 0. The van der Waals surface area contributed by atoms with Gasteiger partial charge < -0.3 is 19.8 Å². The number of halogens is 8. The van der Waals surface area contributed by atoms with Crippen LogP contribution >= 0.6 is 0 Å². The fourth-order valence-electron chi connectivity index (χ4n) is 2.52. The van der Waals surface area contributed by atoms with Crippen molar-refractivity contribution in [3.05, 3.63) is 70.3 Å². The maximum atomic E-state index is 13.4. The Hall–Kier alpha value is -3.44. The van der Waals surface area contributed by atoms with Gasteiger partial charge in [0.25, 0.3) is 0 Å². The molecular weight excluding hydrogens is 432 g/mol. The van der Waals surface area contributed by atoms with Gasteiger partial charge in [-0.2, -0.15) is 26.3 Å². The summed E-state index contributed by atoms with van der Waals surface area (Å²) in [6, 6.07) is 1.15. The van der Waals surface area contributed by atoms with Gasteiger partial charge in [0, 0.05) is 11.1 Å². The third kappa shape index (κ3) is 4.58. The van der Waals surface area contributed by atoms with Crippen molar-refractivity contribution in [2.75, 3.05) is 0 Å². The summed E-state index contributed by atoms with van der Waals surface area (Å²) in [4.78, 5) is 23.0. The van der Waals surface area contributed by atoms with Crippen molar-refractivity contribution in [2.45, 2.75) is 12.4 Å². The molecule has 0 spiro atoms. The second-order valence-corrected chi connectivity index (χ2v) is 5.71. The molecule has 4 nitrogen and oxygen atoms in total. The summed E-state index contributed by atoms with van der Waals surface area (Å²) < 4.78 is 104. The molecule has 0 aromatic heterocycles. The quantitative estimate of drug-likeness (QED) is 0.417. The Balaban J connectivity index is 2.89. The molecule has 0 bridgehead atoms. The first-order valence-corrected chi connectivity index (χ1v) is 7.55. The molecule has 0 saturated heterocycles. The summed E-state index contributed by atoms with van der Waals surface area (Å²) >= 11 is 0. The Bertz CT molecular complexity index is 968. The standard InChI is InChI=1S/C18H8F8O4/c19-11-3-1-7(5-9(11)17(21,22)23)13(15(27)28)14(16(29)30)8-2-4-12(20)10(6-8)18(24,25)26/h1-6H,(H,27,28)(H,29,30)/p-2/b14-13+. The molecule has 2 rings (SSSR count). The molecule has 2 aromatic rings. The van der Waals surface area contributed by atoms with Gasteiger partial charge in [0.1, 0.15) is 11.6 Å². The largest absolute Gasteiger partial charge is 0.545 e. The van der Waals surface area contributed by atoms with E-state index in [-0.39, 0.29) is 24.3 Å². The van der Waals surface area contributed by atoms with E-state index in [1.807, 2.05) is 0 Å². The van der Waals surface area contributed by atoms with Crippen LogP contribution in [0.25, 0.3) is 11.1 Å². The molecule has 0 N–H and O–H groups in total. The Kier molecular flexibility index (Phi) is 5.91. The Morgan fingerprint density at radius 2 is 0.933 bits per heavy atom. The number of carboxylic acids is 2. The lowest BCUT2D eigenvalue weighted by Gasteiger charge is -2.20. The number of rotatable bonds is 4. The van der Waals surface area contributed by atoms with Crippen molar-refractivity contribution in [3.8, 4) is 0 Å². The number of hydrogen-bond acceptors (Lipinski definition) is 4. The lowest BCUT2D eigenvalue weighted by atomic mass is 9.92. The smallest absolute Gasteiger partial charge is 0.419 e. The zero-order valence-electron chi connectivity index (χ0n) is 14.1. The van der Waals surface area contributed by atoms with Crippen LogP contribution in [-0.4, -0.2) is 11.9 Å². The highest BCUT2D eigenvalue weighted by molar-refractivity contribution is 6.35. The zero-order chi connectivity index (χ0) is 23.0. The highest BCUT2D eigenvalue weighted by atomic mass is 19.4. The number of aliphatic carboxylic acids is 2. The lowest BCUT2D eigenvalue weighted by molar-refractivity contribution is -0.299. The minimum atomic E-state index is -5.31. The Labute approximate surface area is 161 Å². The zero-order valence-corrected chi connectivity index (χ0v) is 14.1. The predicted molar refractivity (Wildman–Crippen MR) is 79.6 cm³/mol. The lowest BCUT2D eigenvalue weighted by Crippen LogP contribution is -2.31. The first kappa shape index (κ1) is 22.8. The van der Waals surface area contributed by atoms with Gasteiger partial charge in [0.2, 0.25) is 0 Å². The van der Waals surface area contributed by atoms with E-state index in [4.69, 9.17) is 0 Å². The summed E-state index contributed by atoms with van der Waals surface area (Å²) in [7, 11) is 0. The van der Waals surface area contributed by atoms with Crippen molar-refractivity contribution in [1.29, 1.82) is 0 Å². The number of carbonyl (C=O) groups is 2. The molecule has 0 fully saturated rings. The first-order valence-electron chi connectivity index (χ1n) is 7.55. The molecule has 0 saturated carbocycles. The number of alkyl halides is 6. The third-order valence-corrected chi connectivity index (χ3v) is 3.78. The van der Waals surface area contributed by atoms with Crippen molar-refractivity contribution in [3.63, 3.8) is 0 Å². The van der Waals surface area contributed by atoms with Gasteiger partial charge in [-0.25, -0.2) is 8.78 Å². The van der Waals surface area contributed by atoms with Gasteiger partial charge in [0.05, 0.1) is 23.1 Å². The molecule has 30 heavy (non-hydrogen) atoms. The molecule has 0 heterocycles. The summed E-state index contributed by atoms with van der Waals surface area (Å²) in [5.74, 6) is -8.46. The second-order valence-electron chi connectivity index (χ2n) is 5.71. The van der Waals surface area contributed by atoms with E-state index in [1.54, 1.807) is 0 Å². The van der Waals surface area contributed by atoms with E-state index in [1.165, 1.54) is 0 Å². The maximum Gasteiger partial charge on any atom is 0.419 e. The van der Waals surface area contributed by atoms with E-state index in [9.17, 15) is 54.9 Å². The highest BCUT2D eigenvalue weighted by Crippen LogP contribution is 2.37. The molecule has 0 aliphatic carbocycles. The van der Waals surface area contributed by atoms with Crippen LogP contribution in [0.2, 0.25) is 0 Å². The topological polar surface area (TPSA) is 80.3 Å². The van der Waals surface area contributed by atoms with Crippen molar-refractivity contribution < 1.29 is 54.9 Å². The van der Waals surface area contributed by atoms with Crippen LogP contribution < -0.4 is 10.2 Å². The fourth-order valence-corrected chi connectivity index (χ4v) is 2.52. The summed E-state index contributed by atoms with van der Waals surface area (Å²) in [5, 5.41) is 23.0. The van der Waals surface area contributed by atoms with Crippen LogP contribution in [0.1, 0.15) is 22.3 Å². The van der Waals surface area contributed by atoms with Gasteiger partial charge in [-0.05, 0) is 35.4 Å². The molecule has 0 unspecified atom stereocenters. The van der Waals surface area contributed by atoms with Crippen LogP contribution in [0, 0.1) is 11.6 Å². The predicted octanol–water partition coefficient (Wildman–Crippen LogP) is 2.41. The normalized spacial score (nSPS) is 13.1. The molecule has 0 aliphatic rings. The third-order valence-electron chi connectivity index (χ3n) is 3.78. The molecule has 0 atom stereocenters. The van der Waals surface area contributed by atoms with Gasteiger partial charge in [-0.15, -0.1) is 0 Å². The minimum absolute atomic E-state index is 0.0579. The molecule has 12 heteroatoms. The van der Waals surface area contributed by atoms with E-state index in [2.05, 4.69) is 0 Å². The fraction of sp³-hybridized carbons (Fsp3) is 0.111. The first-order chi connectivity index (χ1) is 13.6. The second kappa shape index (κ2) is 7.76. The average Bonchev–Trinajstić information content (AvgIpc) is 2.58. The number of benzene rings is 2. The van der Waals surface area contributed by atoms with E-state index in [0.717, 1.165) is 0 Å². The SMILES string of the molecule is O=C([O-])/C(=C(/C(=O)[O-])c1ccc(F)c(C(F)(F)F)c1)c1ccc(F)c(C(F)(F)F)c1. The van der Waals surface area contributed by atoms with Crippen LogP contribution in [0.3, 0.4) is 0 Å². The Morgan fingerprint density at radius 1 is 0.633 bits per heavy atom. The van der Waals surface area contributed by atoms with Crippen LogP contribution in [0.4, 0.5) is 35.1 Å². The van der Waals surface area contributed by atoms with Crippen molar-refractivity contribution in [2.24, 2.45) is 0 Å². The van der Waals surface area contributed by atoms with Gasteiger partial charge in [0.15, 0.2) is 0 Å². The minimum Gasteiger partial charge on any atom is -0.545 e. The van der Waals surface area contributed by atoms with E-state index in [0.29, 0.717) is 12.1 Å². The van der Waals surface area contributed by atoms with Crippen LogP contribution in [0.5, 0.6) is 0 Å². The molecule has 2 aromatic carbocycles. The molecule has 0 radical (unpaired) electrons. The van der Waals surface area contributed by atoms with Gasteiger partial charge in [-0.1, -0.05) is 12.1 Å². The van der Waals surface area contributed by atoms with Crippen LogP contribution in [-0.2, 0) is 21.9 Å². The molecular formula is C18H6F8O4-2. The number of carboxylic acid groups (broad SMARTS) is 2. The van der Waals surface area contributed by atoms with Gasteiger partial charge in [-0.3, -0.25) is 0 Å². The summed E-state index contributed by atoms with van der Waals surface area (Å²) in [6.07, 6.45) is -10.6. The van der Waals surface area contributed by atoms with E-state index >= 15 is 0 Å². The monoisotopic (exact) mass is 438 g/mol. The molecule has 0 aliphatic heterocycles. The summed E-state index contributed by atoms with van der Waals surface area (Å²) in [6.45, 7) is 0.